The lowest BCUT2D eigenvalue weighted by Crippen LogP contribution is -2.33. The van der Waals surface area contributed by atoms with Crippen LogP contribution >= 0.6 is 0 Å². The third-order valence-electron chi connectivity index (χ3n) is 3.53. The van der Waals surface area contributed by atoms with E-state index in [1.807, 2.05) is 0 Å². The number of carbonyl (C=O) groups is 3. The highest BCUT2D eigenvalue weighted by atomic mass is 16.5. The average molecular weight is 359 g/mol. The van der Waals surface area contributed by atoms with E-state index >= 15 is 0 Å². The van der Waals surface area contributed by atoms with Crippen LogP contribution < -0.4 is 10.2 Å². The zero-order valence-electron chi connectivity index (χ0n) is 14.9. The molecule has 2 rings (SSSR count). The minimum atomic E-state index is -0.517. The van der Waals surface area contributed by atoms with Crippen molar-refractivity contribution in [3.8, 4) is 0 Å². The number of amides is 2. The van der Waals surface area contributed by atoms with Crippen LogP contribution in [0, 0.1) is 6.92 Å². The van der Waals surface area contributed by atoms with E-state index in [9.17, 15) is 14.4 Å². The molecule has 0 atom stereocenters. The minimum Gasteiger partial charge on any atom is -0.462 e. The highest BCUT2D eigenvalue weighted by molar-refractivity contribution is 6.02. The maximum Gasteiger partial charge on any atom is 0.340 e. The summed E-state index contributed by atoms with van der Waals surface area (Å²) < 4.78 is 9.91. The number of rotatable bonds is 7. The molecule has 1 N–H and O–H groups in total. The first-order chi connectivity index (χ1) is 12.4. The van der Waals surface area contributed by atoms with E-state index in [-0.39, 0.29) is 37.0 Å². The molecule has 0 radical (unpaired) electrons. The Morgan fingerprint density at radius 2 is 2.00 bits per heavy atom. The fraction of sp³-hybridized carbons (Fsp3) is 0.333. The second kappa shape index (κ2) is 8.80. The molecule has 1 heterocycles. The Labute approximate surface area is 151 Å². The van der Waals surface area contributed by atoms with Gasteiger partial charge in [0.1, 0.15) is 5.76 Å². The van der Waals surface area contributed by atoms with Gasteiger partial charge in [0.25, 0.3) is 0 Å². The Kier molecular flexibility index (Phi) is 6.48. The van der Waals surface area contributed by atoms with Crippen LogP contribution in [0.2, 0.25) is 0 Å². The smallest absolute Gasteiger partial charge is 0.340 e. The molecule has 138 valence electrons. The van der Waals surface area contributed by atoms with E-state index in [2.05, 4.69) is 10.5 Å². The second-order valence-electron chi connectivity index (χ2n) is 5.53. The lowest BCUT2D eigenvalue weighted by Gasteiger charge is -2.23. The van der Waals surface area contributed by atoms with Crippen LogP contribution in [0.5, 0.6) is 0 Å². The van der Waals surface area contributed by atoms with Crippen molar-refractivity contribution in [2.45, 2.75) is 27.2 Å². The molecule has 0 aliphatic rings. The summed E-state index contributed by atoms with van der Waals surface area (Å²) in [6.07, 6.45) is 0.0304. The number of anilines is 2. The number of carbonyl (C=O) groups excluding carboxylic acids is 3. The van der Waals surface area contributed by atoms with Crippen molar-refractivity contribution in [2.75, 3.05) is 23.4 Å². The quantitative estimate of drug-likeness (QED) is 0.762. The molecular formula is C18H21N3O5. The number of nitrogens with one attached hydrogen (secondary N) is 1. The van der Waals surface area contributed by atoms with Gasteiger partial charge in [-0.3, -0.25) is 9.59 Å². The van der Waals surface area contributed by atoms with Gasteiger partial charge in [-0.1, -0.05) is 17.3 Å². The van der Waals surface area contributed by atoms with Gasteiger partial charge in [0.15, 0.2) is 5.82 Å². The van der Waals surface area contributed by atoms with Gasteiger partial charge in [0.2, 0.25) is 11.8 Å². The topological polar surface area (TPSA) is 102 Å². The number of aromatic nitrogens is 1. The first-order valence-electron chi connectivity index (χ1n) is 8.19. The molecule has 0 unspecified atom stereocenters. The number of aryl methyl sites for hydroxylation is 1. The van der Waals surface area contributed by atoms with Gasteiger partial charge in [-0.2, -0.15) is 0 Å². The van der Waals surface area contributed by atoms with Crippen molar-refractivity contribution in [2.24, 2.45) is 0 Å². The summed E-state index contributed by atoms with van der Waals surface area (Å²) in [7, 11) is 0. The van der Waals surface area contributed by atoms with Crippen LogP contribution in [0.25, 0.3) is 0 Å². The van der Waals surface area contributed by atoms with E-state index < -0.39 is 5.97 Å². The highest BCUT2D eigenvalue weighted by Gasteiger charge is 2.21. The number of para-hydroxylation sites is 1. The molecule has 2 amide bonds. The van der Waals surface area contributed by atoms with Gasteiger partial charge in [0.05, 0.1) is 17.9 Å². The summed E-state index contributed by atoms with van der Waals surface area (Å²) >= 11 is 0. The molecule has 0 saturated carbocycles. The molecule has 0 aliphatic heterocycles. The van der Waals surface area contributed by atoms with Gasteiger partial charge in [-0.25, -0.2) is 4.79 Å². The first-order valence-corrected chi connectivity index (χ1v) is 8.19. The van der Waals surface area contributed by atoms with E-state index in [1.54, 1.807) is 44.2 Å². The summed E-state index contributed by atoms with van der Waals surface area (Å²) in [5.74, 6) is -0.232. The van der Waals surface area contributed by atoms with Crippen LogP contribution in [0.1, 0.15) is 36.4 Å². The van der Waals surface area contributed by atoms with Crippen LogP contribution in [-0.4, -0.2) is 36.1 Å². The van der Waals surface area contributed by atoms with E-state index in [1.165, 1.54) is 11.8 Å². The summed E-state index contributed by atoms with van der Waals surface area (Å²) in [6, 6.07) is 8.23. The van der Waals surface area contributed by atoms with Crippen LogP contribution in [-0.2, 0) is 14.3 Å². The SMILES string of the molecule is CCOC(=O)c1ccccc1N(CCC(=O)Nc1cc(C)on1)C(C)=O. The number of hydrogen-bond acceptors (Lipinski definition) is 6. The van der Waals surface area contributed by atoms with Gasteiger partial charge in [0, 0.05) is 26.0 Å². The maximum atomic E-state index is 12.1. The predicted molar refractivity (Wildman–Crippen MR) is 94.9 cm³/mol. The molecule has 8 nitrogen and oxygen atoms in total. The zero-order valence-corrected chi connectivity index (χ0v) is 14.9. The Hall–Kier alpha value is -3.16. The maximum absolute atomic E-state index is 12.1. The van der Waals surface area contributed by atoms with Gasteiger partial charge in [-0.05, 0) is 26.0 Å². The molecule has 0 saturated heterocycles. The van der Waals surface area contributed by atoms with Gasteiger partial charge < -0.3 is 19.5 Å². The molecule has 26 heavy (non-hydrogen) atoms. The number of hydrogen-bond donors (Lipinski definition) is 1. The fourth-order valence-corrected chi connectivity index (χ4v) is 2.38. The predicted octanol–water partition coefficient (Wildman–Crippen LogP) is 2.54. The Morgan fingerprint density at radius 1 is 1.27 bits per heavy atom. The molecular weight excluding hydrogens is 338 g/mol. The molecule has 8 heteroatoms. The monoisotopic (exact) mass is 359 g/mol. The summed E-state index contributed by atoms with van der Waals surface area (Å²) in [6.45, 7) is 5.13. The molecule has 0 fully saturated rings. The summed E-state index contributed by atoms with van der Waals surface area (Å²) in [5.41, 5.74) is 0.681. The molecule has 0 bridgehead atoms. The van der Waals surface area contributed by atoms with E-state index in [4.69, 9.17) is 9.26 Å². The fourth-order valence-electron chi connectivity index (χ4n) is 2.38. The van der Waals surface area contributed by atoms with Crippen molar-refractivity contribution in [1.82, 2.24) is 5.16 Å². The third-order valence-corrected chi connectivity index (χ3v) is 3.53. The Balaban J connectivity index is 2.11. The van der Waals surface area contributed by atoms with Crippen molar-refractivity contribution >= 4 is 29.3 Å². The largest absolute Gasteiger partial charge is 0.462 e. The molecule has 2 aromatic rings. The Bertz CT molecular complexity index is 800. The molecule has 1 aromatic heterocycles. The van der Waals surface area contributed by atoms with Crippen molar-refractivity contribution < 1.29 is 23.6 Å². The number of esters is 1. The molecule has 0 spiro atoms. The minimum absolute atomic E-state index is 0.0304. The number of benzene rings is 1. The van der Waals surface area contributed by atoms with E-state index in [0.29, 0.717) is 17.3 Å². The van der Waals surface area contributed by atoms with Crippen LogP contribution in [0.3, 0.4) is 0 Å². The van der Waals surface area contributed by atoms with Gasteiger partial charge in [-0.15, -0.1) is 0 Å². The number of ether oxygens (including phenoxy) is 1. The lowest BCUT2D eigenvalue weighted by atomic mass is 10.1. The van der Waals surface area contributed by atoms with Crippen LogP contribution in [0.15, 0.2) is 34.9 Å². The Morgan fingerprint density at radius 3 is 2.62 bits per heavy atom. The lowest BCUT2D eigenvalue weighted by molar-refractivity contribution is -0.117. The zero-order chi connectivity index (χ0) is 19.1. The molecule has 0 aliphatic carbocycles. The summed E-state index contributed by atoms with van der Waals surface area (Å²) in [5, 5.41) is 6.28. The van der Waals surface area contributed by atoms with Crippen molar-refractivity contribution in [1.29, 1.82) is 0 Å². The van der Waals surface area contributed by atoms with Crippen LogP contribution in [0.4, 0.5) is 11.5 Å². The highest BCUT2D eigenvalue weighted by Crippen LogP contribution is 2.22. The third kappa shape index (κ3) is 4.92. The molecule has 1 aromatic carbocycles. The average Bonchev–Trinajstić information content (AvgIpc) is 3.00. The second-order valence-corrected chi connectivity index (χ2v) is 5.53. The number of nitrogens with zero attached hydrogens (tertiary/aromatic N) is 2. The first kappa shape index (κ1) is 19.2. The summed E-state index contributed by atoms with van der Waals surface area (Å²) in [4.78, 5) is 37.6. The van der Waals surface area contributed by atoms with Crippen molar-refractivity contribution in [3.63, 3.8) is 0 Å². The standard InChI is InChI=1S/C18H21N3O5/c1-4-25-18(24)14-7-5-6-8-15(14)21(13(3)22)10-9-17(23)19-16-11-12(2)26-20-16/h5-8,11H,4,9-10H2,1-3H3,(H,19,20,23). The van der Waals surface area contributed by atoms with E-state index in [0.717, 1.165) is 0 Å². The normalized spacial score (nSPS) is 10.3. The van der Waals surface area contributed by atoms with Gasteiger partial charge >= 0.3 is 5.97 Å². The van der Waals surface area contributed by atoms with Crippen molar-refractivity contribution in [3.05, 3.63) is 41.7 Å².